The number of rotatable bonds is 3. The smallest absolute Gasteiger partial charge is 0.338 e. The summed E-state index contributed by atoms with van der Waals surface area (Å²) in [4.78, 5) is 13.3. The van der Waals surface area contributed by atoms with Gasteiger partial charge >= 0.3 is 6.18 Å². The summed E-state index contributed by atoms with van der Waals surface area (Å²) in [5, 5.41) is 0.503. The van der Waals surface area contributed by atoms with Crippen molar-refractivity contribution in [3.8, 4) is 0 Å². The van der Waals surface area contributed by atoms with Crippen LogP contribution in [0.3, 0.4) is 0 Å². The molecule has 0 aliphatic rings. The fraction of sp³-hybridized carbons (Fsp3) is 0.417. The van der Waals surface area contributed by atoms with E-state index in [-0.39, 0.29) is 11.6 Å². The van der Waals surface area contributed by atoms with Crippen LogP contribution in [0, 0.1) is 0 Å². The second kappa shape index (κ2) is 5.73. The number of nitrogens with zero attached hydrogens (tertiary/aromatic N) is 1. The van der Waals surface area contributed by atoms with E-state index < -0.39 is 17.6 Å². The van der Waals surface area contributed by atoms with Gasteiger partial charge in [-0.2, -0.15) is 13.2 Å². The fourth-order valence-corrected chi connectivity index (χ4v) is 1.84. The molecule has 0 fully saturated rings. The van der Waals surface area contributed by atoms with E-state index in [1.807, 2.05) is 0 Å². The highest BCUT2D eigenvalue weighted by Crippen LogP contribution is 2.32. The van der Waals surface area contributed by atoms with Crippen LogP contribution in [0.25, 0.3) is 0 Å². The molecule has 0 heterocycles. The number of carbonyl (C=O) groups is 1. The van der Waals surface area contributed by atoms with Gasteiger partial charge in [-0.25, -0.2) is 0 Å². The van der Waals surface area contributed by atoms with Crippen LogP contribution in [0.4, 0.5) is 13.2 Å². The Labute approximate surface area is 112 Å². The average Bonchev–Trinajstić information content (AvgIpc) is 2.35. The summed E-state index contributed by atoms with van der Waals surface area (Å²) in [5.41, 5.74) is -1.22. The van der Waals surface area contributed by atoms with Gasteiger partial charge in [0.2, 0.25) is 0 Å². The molecule has 0 aromatic heterocycles. The summed E-state index contributed by atoms with van der Waals surface area (Å²) in [5.74, 6) is -0.630. The molecule has 2 nitrogen and oxygen atoms in total. The van der Waals surface area contributed by atoms with Gasteiger partial charge < -0.3 is 4.90 Å². The first-order valence-electron chi connectivity index (χ1n) is 5.28. The highest BCUT2D eigenvalue weighted by atomic mass is 79.9. The van der Waals surface area contributed by atoms with Crippen molar-refractivity contribution in [2.75, 3.05) is 12.4 Å². The van der Waals surface area contributed by atoms with Crippen LogP contribution in [0.15, 0.2) is 24.3 Å². The Morgan fingerprint density at radius 1 is 1.39 bits per heavy atom. The lowest BCUT2D eigenvalue weighted by atomic mass is 10.1. The molecule has 0 saturated heterocycles. The van der Waals surface area contributed by atoms with E-state index in [0.717, 1.165) is 6.07 Å². The Bertz CT molecular complexity index is 434. The van der Waals surface area contributed by atoms with Crippen LogP contribution in [0.2, 0.25) is 0 Å². The minimum atomic E-state index is -4.52. The summed E-state index contributed by atoms with van der Waals surface area (Å²) in [7, 11) is 1.49. The maximum Gasteiger partial charge on any atom is 0.417 e. The van der Waals surface area contributed by atoms with Gasteiger partial charge in [-0.15, -0.1) is 0 Å². The molecule has 0 saturated carbocycles. The van der Waals surface area contributed by atoms with E-state index in [0.29, 0.717) is 5.33 Å². The summed E-state index contributed by atoms with van der Waals surface area (Å²) < 4.78 is 38.3. The predicted molar refractivity (Wildman–Crippen MR) is 66.8 cm³/mol. The molecule has 0 aliphatic heterocycles. The monoisotopic (exact) mass is 323 g/mol. The summed E-state index contributed by atoms with van der Waals surface area (Å²) in [6, 6.07) is 4.63. The molecular formula is C12H13BrF3NO. The Kier molecular flexibility index (Phi) is 4.78. The second-order valence-electron chi connectivity index (χ2n) is 3.96. The molecule has 1 aromatic carbocycles. The van der Waals surface area contributed by atoms with E-state index in [1.54, 1.807) is 6.92 Å². The molecule has 100 valence electrons. The van der Waals surface area contributed by atoms with E-state index in [1.165, 1.54) is 30.1 Å². The molecule has 1 atom stereocenters. The third kappa shape index (κ3) is 3.25. The molecule has 18 heavy (non-hydrogen) atoms. The van der Waals surface area contributed by atoms with Gasteiger partial charge in [0.1, 0.15) is 0 Å². The zero-order valence-corrected chi connectivity index (χ0v) is 11.5. The Balaban J connectivity index is 3.14. The Morgan fingerprint density at radius 2 is 1.94 bits per heavy atom. The van der Waals surface area contributed by atoms with E-state index in [4.69, 9.17) is 0 Å². The molecule has 1 amide bonds. The third-order valence-electron chi connectivity index (χ3n) is 2.67. The topological polar surface area (TPSA) is 20.3 Å². The minimum Gasteiger partial charge on any atom is -0.338 e. The molecule has 0 spiro atoms. The van der Waals surface area contributed by atoms with Crippen LogP contribution in [0.5, 0.6) is 0 Å². The van der Waals surface area contributed by atoms with Crippen LogP contribution < -0.4 is 0 Å². The molecule has 0 bridgehead atoms. The van der Waals surface area contributed by atoms with Crippen molar-refractivity contribution in [2.24, 2.45) is 0 Å². The molecule has 1 unspecified atom stereocenters. The van der Waals surface area contributed by atoms with Crippen molar-refractivity contribution in [3.05, 3.63) is 35.4 Å². The van der Waals surface area contributed by atoms with Crippen LogP contribution in [-0.2, 0) is 6.18 Å². The maximum absolute atomic E-state index is 12.8. The number of carbonyl (C=O) groups excluding carboxylic acids is 1. The van der Waals surface area contributed by atoms with Crippen LogP contribution >= 0.6 is 15.9 Å². The standard InChI is InChI=1S/C12H13BrF3NO/c1-8(7-13)17(2)11(18)9-5-3-4-6-10(9)12(14,15)16/h3-6,8H,7H2,1-2H3. The van der Waals surface area contributed by atoms with Crippen molar-refractivity contribution in [2.45, 2.75) is 19.1 Å². The highest BCUT2D eigenvalue weighted by Gasteiger charge is 2.35. The number of halogens is 4. The molecule has 0 N–H and O–H groups in total. The predicted octanol–water partition coefficient (Wildman–Crippen LogP) is 3.56. The first kappa shape index (κ1) is 15.0. The maximum atomic E-state index is 12.8. The van der Waals surface area contributed by atoms with Crippen LogP contribution in [-0.4, -0.2) is 29.2 Å². The van der Waals surface area contributed by atoms with Crippen LogP contribution in [0.1, 0.15) is 22.8 Å². The summed E-state index contributed by atoms with van der Waals surface area (Å²) in [6.07, 6.45) is -4.52. The normalized spacial score (nSPS) is 13.2. The first-order chi connectivity index (χ1) is 8.29. The number of hydrogen-bond donors (Lipinski definition) is 0. The van der Waals surface area contributed by atoms with Crippen molar-refractivity contribution >= 4 is 21.8 Å². The van der Waals surface area contributed by atoms with Crippen molar-refractivity contribution in [1.82, 2.24) is 4.90 Å². The van der Waals surface area contributed by atoms with Gasteiger partial charge in [0, 0.05) is 18.4 Å². The van der Waals surface area contributed by atoms with Crippen molar-refractivity contribution in [1.29, 1.82) is 0 Å². The Hall–Kier alpha value is -1.04. The lowest BCUT2D eigenvalue weighted by Crippen LogP contribution is -2.37. The quantitative estimate of drug-likeness (QED) is 0.779. The summed E-state index contributed by atoms with van der Waals surface area (Å²) in [6.45, 7) is 1.75. The van der Waals surface area contributed by atoms with Gasteiger partial charge in [-0.1, -0.05) is 28.1 Å². The largest absolute Gasteiger partial charge is 0.417 e. The SMILES string of the molecule is CC(CBr)N(C)C(=O)c1ccccc1C(F)(F)F. The van der Waals surface area contributed by atoms with Gasteiger partial charge in [-0.3, -0.25) is 4.79 Å². The molecule has 1 aromatic rings. The van der Waals surface area contributed by atoms with E-state index >= 15 is 0 Å². The highest BCUT2D eigenvalue weighted by molar-refractivity contribution is 9.09. The number of alkyl halides is 4. The molecular weight excluding hydrogens is 311 g/mol. The zero-order valence-electron chi connectivity index (χ0n) is 9.96. The number of hydrogen-bond acceptors (Lipinski definition) is 1. The Morgan fingerprint density at radius 3 is 2.44 bits per heavy atom. The van der Waals surface area contributed by atoms with Gasteiger partial charge in [0.25, 0.3) is 5.91 Å². The molecule has 6 heteroatoms. The van der Waals surface area contributed by atoms with Crippen molar-refractivity contribution in [3.63, 3.8) is 0 Å². The third-order valence-corrected chi connectivity index (χ3v) is 3.60. The molecule has 0 radical (unpaired) electrons. The van der Waals surface area contributed by atoms with E-state index in [2.05, 4.69) is 15.9 Å². The lowest BCUT2D eigenvalue weighted by Gasteiger charge is -2.24. The molecule has 1 rings (SSSR count). The fourth-order valence-electron chi connectivity index (χ4n) is 1.41. The first-order valence-corrected chi connectivity index (χ1v) is 6.40. The van der Waals surface area contributed by atoms with E-state index in [9.17, 15) is 18.0 Å². The summed E-state index contributed by atoms with van der Waals surface area (Å²) >= 11 is 3.20. The minimum absolute atomic E-state index is 0.182. The lowest BCUT2D eigenvalue weighted by molar-refractivity contribution is -0.138. The van der Waals surface area contributed by atoms with Gasteiger partial charge in [0.15, 0.2) is 0 Å². The number of amides is 1. The molecule has 0 aliphatic carbocycles. The second-order valence-corrected chi connectivity index (χ2v) is 4.61. The average molecular weight is 324 g/mol. The van der Waals surface area contributed by atoms with Gasteiger partial charge in [-0.05, 0) is 19.1 Å². The number of benzene rings is 1. The van der Waals surface area contributed by atoms with Crippen molar-refractivity contribution < 1.29 is 18.0 Å². The zero-order chi connectivity index (χ0) is 13.9. The van der Waals surface area contributed by atoms with Gasteiger partial charge in [0.05, 0.1) is 11.1 Å².